The Balaban J connectivity index is 0.00000261. The molecule has 0 atom stereocenters. The quantitative estimate of drug-likeness (QED) is 0.325. The summed E-state index contributed by atoms with van der Waals surface area (Å²) in [7, 11) is 1.40. The predicted molar refractivity (Wildman–Crippen MR) is 123 cm³/mol. The number of anilines is 2. The molecule has 2 aromatic heterocycles. The summed E-state index contributed by atoms with van der Waals surface area (Å²) in [5, 5.41) is 6.27. The number of carbonyl (C=O) groups excluding carboxylic acids is 1. The van der Waals surface area contributed by atoms with Crippen molar-refractivity contribution in [3.8, 4) is 11.3 Å². The Morgan fingerprint density at radius 3 is 2.52 bits per heavy atom. The largest absolute Gasteiger partial charge is 0.465 e. The molecule has 1 N–H and O–H groups in total. The lowest BCUT2D eigenvalue weighted by molar-refractivity contribution is 0.0606. The summed E-state index contributed by atoms with van der Waals surface area (Å²) in [6, 6.07) is 6.20. The number of hydrogen-bond donors (Lipinski definition) is 1. The molecule has 0 aliphatic carbocycles. The molecule has 0 amide bonds. The van der Waals surface area contributed by atoms with Crippen LogP contribution in [0.2, 0.25) is 0 Å². The van der Waals surface area contributed by atoms with Crippen LogP contribution in [0.5, 0.6) is 0 Å². The summed E-state index contributed by atoms with van der Waals surface area (Å²) < 4.78 is 5.90. The molecule has 8 heteroatoms. The Hall–Kier alpha value is -1.35. The number of nitrogens with zero attached hydrogens (tertiary/aromatic N) is 1. The molecule has 0 saturated carbocycles. The number of nitrogens with one attached hydrogen (secondary N) is 1. The number of thioether (sulfide) groups is 1. The zero-order valence-corrected chi connectivity index (χ0v) is 19.9. The molecule has 0 unspecified atom stereocenters. The molecule has 0 fully saturated rings. The standard InChI is InChI=1S/C19H20N2O2S3.BrH/c1-10-6-12(3)14(7-11(10)2)20-19-21-15(9-25-19)13-8-16(17(22)23-4)26-18(13)24-5;/h6-9H,1-5H3,(H,20,21);1H. The second-order valence-electron chi connectivity index (χ2n) is 5.92. The van der Waals surface area contributed by atoms with Crippen LogP contribution < -0.4 is 5.32 Å². The van der Waals surface area contributed by atoms with Crippen molar-refractivity contribution >= 4 is 68.2 Å². The SMILES string of the molecule is Br.COC(=O)c1cc(-c2csc(Nc3cc(C)c(C)cc3C)n2)c(SC)s1. The highest BCUT2D eigenvalue weighted by Crippen LogP contribution is 2.39. The number of carbonyl (C=O) groups is 1. The highest BCUT2D eigenvalue weighted by atomic mass is 79.9. The first-order chi connectivity index (χ1) is 12.4. The maximum atomic E-state index is 11.8. The molecule has 27 heavy (non-hydrogen) atoms. The van der Waals surface area contributed by atoms with E-state index in [9.17, 15) is 4.79 Å². The van der Waals surface area contributed by atoms with E-state index in [1.807, 2.05) is 17.7 Å². The Morgan fingerprint density at radius 1 is 1.15 bits per heavy atom. The summed E-state index contributed by atoms with van der Waals surface area (Å²) in [6.45, 7) is 6.32. The number of hydrogen-bond acceptors (Lipinski definition) is 7. The average molecular weight is 485 g/mol. The van der Waals surface area contributed by atoms with Crippen molar-refractivity contribution in [1.82, 2.24) is 4.98 Å². The number of halogens is 1. The topological polar surface area (TPSA) is 51.2 Å². The van der Waals surface area contributed by atoms with Gasteiger partial charge >= 0.3 is 5.97 Å². The van der Waals surface area contributed by atoms with Crippen molar-refractivity contribution in [3.05, 3.63) is 45.1 Å². The molecule has 0 bridgehead atoms. The van der Waals surface area contributed by atoms with Crippen molar-refractivity contribution in [2.75, 3.05) is 18.7 Å². The van der Waals surface area contributed by atoms with E-state index in [1.165, 1.54) is 35.1 Å². The third-order valence-corrected chi connectivity index (χ3v) is 7.14. The van der Waals surface area contributed by atoms with Crippen LogP contribution in [0.15, 0.2) is 27.8 Å². The zero-order chi connectivity index (χ0) is 18.8. The molecule has 3 rings (SSSR count). The second kappa shape index (κ2) is 9.23. The van der Waals surface area contributed by atoms with Gasteiger partial charge in [-0.15, -0.1) is 51.4 Å². The van der Waals surface area contributed by atoms with E-state index in [4.69, 9.17) is 9.72 Å². The Bertz CT molecular complexity index is 966. The minimum absolute atomic E-state index is 0. The first-order valence-electron chi connectivity index (χ1n) is 7.99. The molecule has 0 radical (unpaired) electrons. The number of aromatic nitrogens is 1. The number of rotatable bonds is 5. The summed E-state index contributed by atoms with van der Waals surface area (Å²) in [5.74, 6) is -0.309. The molecule has 144 valence electrons. The number of aryl methyl sites for hydroxylation is 3. The molecule has 0 saturated heterocycles. The molecule has 0 aliphatic heterocycles. The minimum atomic E-state index is -0.309. The van der Waals surface area contributed by atoms with Gasteiger partial charge in [0.05, 0.1) is 17.0 Å². The second-order valence-corrected chi connectivity index (χ2v) is 8.91. The van der Waals surface area contributed by atoms with Crippen molar-refractivity contribution < 1.29 is 9.53 Å². The maximum Gasteiger partial charge on any atom is 0.348 e. The third-order valence-electron chi connectivity index (χ3n) is 4.13. The third kappa shape index (κ3) is 4.74. The first-order valence-corrected chi connectivity index (χ1v) is 10.9. The fourth-order valence-electron chi connectivity index (χ4n) is 2.57. The van der Waals surface area contributed by atoms with Gasteiger partial charge in [0, 0.05) is 16.6 Å². The zero-order valence-electron chi connectivity index (χ0n) is 15.7. The maximum absolute atomic E-state index is 11.8. The van der Waals surface area contributed by atoms with Gasteiger partial charge < -0.3 is 10.1 Å². The van der Waals surface area contributed by atoms with Crippen LogP contribution in [0.1, 0.15) is 26.4 Å². The van der Waals surface area contributed by atoms with Gasteiger partial charge in [-0.2, -0.15) is 0 Å². The van der Waals surface area contributed by atoms with Gasteiger partial charge in [0.15, 0.2) is 5.13 Å². The highest BCUT2D eigenvalue weighted by Gasteiger charge is 2.18. The van der Waals surface area contributed by atoms with E-state index in [0.717, 1.165) is 26.3 Å². The number of ether oxygens (including phenoxy) is 1. The molecule has 0 aliphatic rings. The van der Waals surface area contributed by atoms with E-state index in [-0.39, 0.29) is 23.0 Å². The number of methoxy groups -OCH3 is 1. The molecule has 2 heterocycles. The summed E-state index contributed by atoms with van der Waals surface area (Å²) in [5.41, 5.74) is 6.64. The Kier molecular flexibility index (Phi) is 7.50. The lowest BCUT2D eigenvalue weighted by Gasteiger charge is -2.10. The number of thiophene rings is 1. The van der Waals surface area contributed by atoms with Crippen LogP contribution in [0.4, 0.5) is 10.8 Å². The van der Waals surface area contributed by atoms with Crippen LogP contribution in [-0.2, 0) is 4.74 Å². The first kappa shape index (κ1) is 21.9. The van der Waals surface area contributed by atoms with E-state index >= 15 is 0 Å². The van der Waals surface area contributed by atoms with E-state index in [1.54, 1.807) is 23.1 Å². The Morgan fingerprint density at radius 2 is 1.85 bits per heavy atom. The average Bonchev–Trinajstić information content (AvgIpc) is 3.25. The van der Waals surface area contributed by atoms with Gasteiger partial charge in [0.2, 0.25) is 0 Å². The normalized spacial score (nSPS) is 10.4. The number of esters is 1. The predicted octanol–water partition coefficient (Wildman–Crippen LogP) is 6.63. The lowest BCUT2D eigenvalue weighted by atomic mass is 10.1. The van der Waals surface area contributed by atoms with E-state index < -0.39 is 0 Å². The van der Waals surface area contributed by atoms with Crippen LogP contribution in [0, 0.1) is 20.8 Å². The van der Waals surface area contributed by atoms with Crippen molar-refractivity contribution in [1.29, 1.82) is 0 Å². The van der Waals surface area contributed by atoms with Gasteiger partial charge in [-0.3, -0.25) is 0 Å². The molecule has 0 spiro atoms. The van der Waals surface area contributed by atoms with E-state index in [0.29, 0.717) is 4.88 Å². The minimum Gasteiger partial charge on any atom is -0.465 e. The van der Waals surface area contributed by atoms with Crippen LogP contribution in [0.3, 0.4) is 0 Å². The molecule has 3 aromatic rings. The monoisotopic (exact) mass is 484 g/mol. The van der Waals surface area contributed by atoms with Crippen molar-refractivity contribution in [3.63, 3.8) is 0 Å². The molecule has 4 nitrogen and oxygen atoms in total. The number of thiazole rings is 1. The van der Waals surface area contributed by atoms with Gasteiger partial charge in [-0.1, -0.05) is 6.07 Å². The Labute approximate surface area is 182 Å². The number of benzene rings is 1. The van der Waals surface area contributed by atoms with Gasteiger partial charge in [0.1, 0.15) is 4.88 Å². The van der Waals surface area contributed by atoms with Gasteiger partial charge in [-0.05, 0) is 55.9 Å². The summed E-state index contributed by atoms with van der Waals surface area (Å²) in [4.78, 5) is 17.1. The van der Waals surface area contributed by atoms with Crippen LogP contribution in [0.25, 0.3) is 11.3 Å². The van der Waals surface area contributed by atoms with Crippen LogP contribution in [-0.4, -0.2) is 24.3 Å². The van der Waals surface area contributed by atoms with Gasteiger partial charge in [0.25, 0.3) is 0 Å². The molecular formula is C19H21BrN2O2S3. The van der Waals surface area contributed by atoms with Crippen LogP contribution >= 0.6 is 51.4 Å². The van der Waals surface area contributed by atoms with Gasteiger partial charge in [-0.25, -0.2) is 9.78 Å². The molecular weight excluding hydrogens is 464 g/mol. The van der Waals surface area contributed by atoms with E-state index in [2.05, 4.69) is 38.2 Å². The smallest absolute Gasteiger partial charge is 0.348 e. The highest BCUT2D eigenvalue weighted by molar-refractivity contribution is 8.93. The molecule has 1 aromatic carbocycles. The van der Waals surface area contributed by atoms with Crippen molar-refractivity contribution in [2.24, 2.45) is 0 Å². The summed E-state index contributed by atoms with van der Waals surface area (Å²) >= 11 is 4.61. The fourth-order valence-corrected chi connectivity index (χ4v) is 5.10. The fraction of sp³-hybridized carbons (Fsp3) is 0.263. The lowest BCUT2D eigenvalue weighted by Crippen LogP contribution is -1.97. The van der Waals surface area contributed by atoms with Crippen molar-refractivity contribution in [2.45, 2.75) is 25.0 Å². The summed E-state index contributed by atoms with van der Waals surface area (Å²) in [6.07, 6.45) is 2.00.